The van der Waals surface area contributed by atoms with Crippen LogP contribution in [0.1, 0.15) is 10.4 Å². The van der Waals surface area contributed by atoms with E-state index in [1.165, 1.54) is 42.5 Å². The van der Waals surface area contributed by atoms with Gasteiger partial charge in [0.25, 0.3) is 11.8 Å². The number of para-hydroxylation sites is 1. The molecule has 0 aromatic heterocycles. The average molecular weight is 407 g/mol. The van der Waals surface area contributed by atoms with E-state index >= 15 is 0 Å². The van der Waals surface area contributed by atoms with Gasteiger partial charge < -0.3 is 4.74 Å². The molecule has 2 amide bonds. The summed E-state index contributed by atoms with van der Waals surface area (Å²) in [6.07, 6.45) is 1.38. The van der Waals surface area contributed by atoms with E-state index < -0.39 is 34.3 Å². The average Bonchev–Trinajstić information content (AvgIpc) is 2.70. The van der Waals surface area contributed by atoms with Crippen molar-refractivity contribution < 1.29 is 27.1 Å². The molecule has 0 saturated heterocycles. The first kappa shape index (κ1) is 21.1. The standard InChI is InChI=1S/C18H18FN3O5S/c1-2-10-20-28(25,26)14-7-5-6-13(11-14)18(24)22-21-17(23)12-27-16-9-4-3-8-15(16)19/h2-9,11,20H,1,10,12H2,(H,21,23)(H,22,24). The van der Waals surface area contributed by atoms with Crippen LogP contribution < -0.4 is 20.3 Å². The highest BCUT2D eigenvalue weighted by molar-refractivity contribution is 7.89. The van der Waals surface area contributed by atoms with Gasteiger partial charge in [0, 0.05) is 12.1 Å². The number of halogens is 1. The first-order chi connectivity index (χ1) is 13.3. The zero-order valence-electron chi connectivity index (χ0n) is 14.6. The maximum atomic E-state index is 13.4. The molecular formula is C18H18FN3O5S. The summed E-state index contributed by atoms with van der Waals surface area (Å²) in [5.41, 5.74) is 4.24. The molecule has 2 aromatic carbocycles. The number of hydrogen-bond donors (Lipinski definition) is 3. The second-order valence-corrected chi connectivity index (χ2v) is 7.16. The summed E-state index contributed by atoms with van der Waals surface area (Å²) in [5.74, 6) is -2.19. The Balaban J connectivity index is 1.92. The lowest BCUT2D eigenvalue weighted by Gasteiger charge is -2.10. The molecule has 8 nitrogen and oxygen atoms in total. The van der Waals surface area contributed by atoms with E-state index in [1.54, 1.807) is 6.07 Å². The van der Waals surface area contributed by atoms with Gasteiger partial charge in [-0.05, 0) is 30.3 Å². The van der Waals surface area contributed by atoms with Gasteiger partial charge >= 0.3 is 0 Å². The minimum atomic E-state index is -3.80. The molecular weight excluding hydrogens is 389 g/mol. The summed E-state index contributed by atoms with van der Waals surface area (Å²) in [7, 11) is -3.80. The summed E-state index contributed by atoms with van der Waals surface area (Å²) in [6.45, 7) is 2.93. The lowest BCUT2D eigenvalue weighted by atomic mass is 10.2. The fourth-order valence-electron chi connectivity index (χ4n) is 2.00. The second kappa shape index (κ2) is 9.62. The maximum Gasteiger partial charge on any atom is 0.276 e. The van der Waals surface area contributed by atoms with Gasteiger partial charge in [-0.15, -0.1) is 6.58 Å². The van der Waals surface area contributed by atoms with E-state index in [9.17, 15) is 22.4 Å². The smallest absolute Gasteiger partial charge is 0.276 e. The number of nitrogens with one attached hydrogen (secondary N) is 3. The summed E-state index contributed by atoms with van der Waals surface area (Å²) in [6, 6.07) is 10.8. The highest BCUT2D eigenvalue weighted by Crippen LogP contribution is 2.15. The number of hydrazine groups is 1. The zero-order chi connectivity index (χ0) is 20.6. The largest absolute Gasteiger partial charge is 0.481 e. The van der Waals surface area contributed by atoms with Crippen molar-refractivity contribution in [2.75, 3.05) is 13.2 Å². The van der Waals surface area contributed by atoms with Crippen molar-refractivity contribution in [1.29, 1.82) is 0 Å². The van der Waals surface area contributed by atoms with Crippen LogP contribution in [0.5, 0.6) is 5.75 Å². The maximum absolute atomic E-state index is 13.4. The van der Waals surface area contributed by atoms with Crippen LogP contribution in [0.2, 0.25) is 0 Å². The van der Waals surface area contributed by atoms with Crippen LogP contribution in [0.4, 0.5) is 4.39 Å². The van der Waals surface area contributed by atoms with Gasteiger partial charge in [0.15, 0.2) is 18.2 Å². The number of ether oxygens (including phenoxy) is 1. The fraction of sp³-hybridized carbons (Fsp3) is 0.111. The summed E-state index contributed by atoms with van der Waals surface area (Å²) < 4.78 is 44.8. The zero-order valence-corrected chi connectivity index (χ0v) is 15.5. The van der Waals surface area contributed by atoms with E-state index in [2.05, 4.69) is 22.2 Å². The minimum absolute atomic E-state index is 0.0109. The normalized spacial score (nSPS) is 10.8. The highest BCUT2D eigenvalue weighted by Gasteiger charge is 2.16. The quantitative estimate of drug-likeness (QED) is 0.448. The summed E-state index contributed by atoms with van der Waals surface area (Å²) in [5, 5.41) is 0. The number of hydrogen-bond acceptors (Lipinski definition) is 5. The third-order valence-electron chi connectivity index (χ3n) is 3.34. The Morgan fingerprint density at radius 2 is 1.86 bits per heavy atom. The van der Waals surface area contributed by atoms with E-state index in [4.69, 9.17) is 4.74 Å². The predicted molar refractivity (Wildman–Crippen MR) is 99.3 cm³/mol. The Kier molecular flexibility index (Phi) is 7.24. The van der Waals surface area contributed by atoms with Gasteiger partial charge in [-0.1, -0.05) is 24.3 Å². The molecule has 2 rings (SSSR count). The first-order valence-electron chi connectivity index (χ1n) is 8.00. The molecule has 0 bridgehead atoms. The molecule has 0 atom stereocenters. The summed E-state index contributed by atoms with van der Waals surface area (Å²) >= 11 is 0. The number of benzene rings is 2. The Morgan fingerprint density at radius 1 is 1.11 bits per heavy atom. The SMILES string of the molecule is C=CCNS(=O)(=O)c1cccc(C(=O)NNC(=O)COc2ccccc2F)c1. The Hall–Kier alpha value is -3.24. The molecule has 0 aliphatic carbocycles. The van der Waals surface area contributed by atoms with Gasteiger partial charge in [-0.3, -0.25) is 20.4 Å². The van der Waals surface area contributed by atoms with Crippen LogP contribution in [-0.2, 0) is 14.8 Å². The van der Waals surface area contributed by atoms with Crippen LogP contribution in [0, 0.1) is 5.82 Å². The van der Waals surface area contributed by atoms with Crippen LogP contribution in [0.15, 0.2) is 66.1 Å². The van der Waals surface area contributed by atoms with Crippen LogP contribution in [0.3, 0.4) is 0 Å². The van der Waals surface area contributed by atoms with Gasteiger partial charge in [0.2, 0.25) is 10.0 Å². The molecule has 0 radical (unpaired) electrons. The van der Waals surface area contributed by atoms with Crippen molar-refractivity contribution in [3.05, 3.63) is 72.6 Å². The molecule has 0 saturated carbocycles. The molecule has 0 spiro atoms. The molecule has 0 aliphatic rings. The lowest BCUT2D eigenvalue weighted by molar-refractivity contribution is -0.123. The number of rotatable bonds is 8. The van der Waals surface area contributed by atoms with E-state index in [0.29, 0.717) is 0 Å². The lowest BCUT2D eigenvalue weighted by Crippen LogP contribution is -2.43. The third kappa shape index (κ3) is 5.89. The monoisotopic (exact) mass is 407 g/mol. The van der Waals surface area contributed by atoms with Crippen LogP contribution in [-0.4, -0.2) is 33.4 Å². The van der Waals surface area contributed by atoms with E-state index in [1.807, 2.05) is 0 Å². The number of carbonyl (C=O) groups excluding carboxylic acids is 2. The topological polar surface area (TPSA) is 114 Å². The molecule has 10 heteroatoms. The van der Waals surface area contributed by atoms with Gasteiger partial charge in [0.05, 0.1) is 4.90 Å². The van der Waals surface area contributed by atoms with Crippen molar-refractivity contribution in [1.82, 2.24) is 15.6 Å². The van der Waals surface area contributed by atoms with Gasteiger partial charge in [-0.2, -0.15) is 0 Å². The Bertz CT molecular complexity index is 979. The molecule has 0 heterocycles. The Labute approximate surface area is 161 Å². The fourth-order valence-corrected chi connectivity index (χ4v) is 3.04. The first-order valence-corrected chi connectivity index (χ1v) is 9.49. The molecule has 2 aromatic rings. The van der Waals surface area contributed by atoms with Gasteiger partial charge in [0.1, 0.15) is 0 Å². The number of carbonyl (C=O) groups is 2. The van der Waals surface area contributed by atoms with Crippen molar-refractivity contribution in [3.8, 4) is 5.75 Å². The van der Waals surface area contributed by atoms with Crippen molar-refractivity contribution in [2.24, 2.45) is 0 Å². The molecule has 3 N–H and O–H groups in total. The molecule has 0 fully saturated rings. The number of sulfonamides is 1. The van der Waals surface area contributed by atoms with E-state index in [-0.39, 0.29) is 22.8 Å². The molecule has 28 heavy (non-hydrogen) atoms. The molecule has 148 valence electrons. The molecule has 0 aliphatic heterocycles. The highest BCUT2D eigenvalue weighted by atomic mass is 32.2. The molecule has 0 unspecified atom stereocenters. The predicted octanol–water partition coefficient (Wildman–Crippen LogP) is 1.13. The Morgan fingerprint density at radius 3 is 2.57 bits per heavy atom. The minimum Gasteiger partial charge on any atom is -0.481 e. The number of amides is 2. The van der Waals surface area contributed by atoms with Crippen LogP contribution in [0.25, 0.3) is 0 Å². The van der Waals surface area contributed by atoms with Gasteiger partial charge in [-0.25, -0.2) is 17.5 Å². The van der Waals surface area contributed by atoms with Crippen molar-refractivity contribution >= 4 is 21.8 Å². The van der Waals surface area contributed by atoms with Crippen LogP contribution >= 0.6 is 0 Å². The van der Waals surface area contributed by atoms with Crippen molar-refractivity contribution in [3.63, 3.8) is 0 Å². The second-order valence-electron chi connectivity index (χ2n) is 5.39. The van der Waals surface area contributed by atoms with Crippen molar-refractivity contribution in [2.45, 2.75) is 4.90 Å². The third-order valence-corrected chi connectivity index (χ3v) is 4.76. The van der Waals surface area contributed by atoms with E-state index in [0.717, 1.165) is 6.07 Å². The summed E-state index contributed by atoms with van der Waals surface area (Å²) in [4.78, 5) is 23.7.